The van der Waals surface area contributed by atoms with Crippen LogP contribution in [0.2, 0.25) is 10.0 Å². The maximum absolute atomic E-state index is 12.1. The number of rotatable bonds is 9. The van der Waals surface area contributed by atoms with Crippen LogP contribution in [0.3, 0.4) is 0 Å². The Morgan fingerprint density at radius 2 is 1.94 bits per heavy atom. The first kappa shape index (κ1) is 22.8. The number of ether oxygens (including phenoxy) is 2. The van der Waals surface area contributed by atoms with E-state index < -0.39 is 23.1 Å². The summed E-state index contributed by atoms with van der Waals surface area (Å²) in [6, 6.07) is 11.3. The average Bonchev–Trinajstić information content (AvgIpc) is 2.77. The van der Waals surface area contributed by atoms with E-state index in [1.165, 1.54) is 19.2 Å². The van der Waals surface area contributed by atoms with Gasteiger partial charge in [0.1, 0.15) is 17.8 Å². The minimum atomic E-state index is -0.680. The van der Waals surface area contributed by atoms with Crippen LogP contribution < -0.4 is 25.6 Å². The second kappa shape index (κ2) is 10.5. The van der Waals surface area contributed by atoms with Gasteiger partial charge in [-0.2, -0.15) is 0 Å². The van der Waals surface area contributed by atoms with E-state index in [0.29, 0.717) is 16.5 Å². The third-order valence-electron chi connectivity index (χ3n) is 3.91. The summed E-state index contributed by atoms with van der Waals surface area (Å²) in [5.74, 6) is -0.138. The van der Waals surface area contributed by atoms with E-state index in [0.717, 1.165) is 6.33 Å². The molecular formula is C19H16Cl2N6O5. The molecule has 0 saturated carbocycles. The Balaban J connectivity index is 1.68. The average molecular weight is 479 g/mol. The van der Waals surface area contributed by atoms with Crippen LogP contribution >= 0.6 is 23.2 Å². The van der Waals surface area contributed by atoms with E-state index in [-0.39, 0.29) is 22.4 Å². The van der Waals surface area contributed by atoms with E-state index in [9.17, 15) is 14.9 Å². The van der Waals surface area contributed by atoms with Crippen molar-refractivity contribution in [3.8, 4) is 11.5 Å². The molecule has 0 spiro atoms. The molecule has 1 aromatic heterocycles. The summed E-state index contributed by atoms with van der Waals surface area (Å²) in [6.45, 7) is -0.415. The molecule has 166 valence electrons. The van der Waals surface area contributed by atoms with Crippen molar-refractivity contribution in [3.63, 3.8) is 0 Å². The number of hydrogen-bond donors (Lipinski definition) is 3. The molecule has 3 N–H and O–H groups in total. The van der Waals surface area contributed by atoms with E-state index >= 15 is 0 Å². The molecule has 0 aliphatic rings. The quantitative estimate of drug-likeness (QED) is 0.307. The van der Waals surface area contributed by atoms with Crippen LogP contribution in [0.25, 0.3) is 0 Å². The van der Waals surface area contributed by atoms with Crippen molar-refractivity contribution in [1.82, 2.24) is 15.4 Å². The van der Waals surface area contributed by atoms with Gasteiger partial charge in [0, 0.05) is 16.8 Å². The van der Waals surface area contributed by atoms with Gasteiger partial charge in [-0.15, -0.1) is 0 Å². The predicted molar refractivity (Wildman–Crippen MR) is 119 cm³/mol. The van der Waals surface area contributed by atoms with E-state index in [1.807, 2.05) is 0 Å². The second-order valence-electron chi connectivity index (χ2n) is 6.07. The molecule has 2 aromatic carbocycles. The Labute approximate surface area is 191 Å². The molecule has 3 aromatic rings. The Morgan fingerprint density at radius 3 is 2.66 bits per heavy atom. The Bertz CT molecular complexity index is 1150. The smallest absolute Gasteiger partial charge is 0.355 e. The fraction of sp³-hybridized carbons (Fsp3) is 0.105. The zero-order chi connectivity index (χ0) is 23.1. The molecule has 0 saturated heterocycles. The van der Waals surface area contributed by atoms with Crippen LogP contribution in [0.4, 0.5) is 23.0 Å². The number of halogens is 2. The highest BCUT2D eigenvalue weighted by Gasteiger charge is 2.23. The van der Waals surface area contributed by atoms with Crippen LogP contribution in [0, 0.1) is 10.1 Å². The van der Waals surface area contributed by atoms with Crippen molar-refractivity contribution in [3.05, 3.63) is 69.0 Å². The third-order valence-corrected chi connectivity index (χ3v) is 4.44. The fourth-order valence-corrected chi connectivity index (χ4v) is 2.94. The highest BCUT2D eigenvalue weighted by molar-refractivity contribution is 6.35. The van der Waals surface area contributed by atoms with Crippen molar-refractivity contribution in [1.29, 1.82) is 0 Å². The number of carbonyl (C=O) groups is 1. The number of benzene rings is 2. The Kier molecular flexibility index (Phi) is 7.47. The van der Waals surface area contributed by atoms with Crippen LogP contribution in [0.1, 0.15) is 0 Å². The molecule has 0 aliphatic heterocycles. The lowest BCUT2D eigenvalue weighted by Gasteiger charge is -2.12. The van der Waals surface area contributed by atoms with Gasteiger partial charge in [-0.1, -0.05) is 29.3 Å². The van der Waals surface area contributed by atoms with Crippen molar-refractivity contribution in [2.24, 2.45) is 0 Å². The Morgan fingerprint density at radius 1 is 1.16 bits per heavy atom. The highest BCUT2D eigenvalue weighted by atomic mass is 35.5. The summed E-state index contributed by atoms with van der Waals surface area (Å²) >= 11 is 11.8. The first-order valence-corrected chi connectivity index (χ1v) is 9.66. The molecule has 0 radical (unpaired) electrons. The third kappa shape index (κ3) is 5.86. The minimum Gasteiger partial charge on any atom is -0.497 e. The number of amides is 1. The minimum absolute atomic E-state index is 0.0841. The number of nitrogens with zero attached hydrogens (tertiary/aromatic N) is 3. The lowest BCUT2D eigenvalue weighted by Crippen LogP contribution is -2.34. The lowest BCUT2D eigenvalue weighted by molar-refractivity contribution is -0.383. The van der Waals surface area contributed by atoms with Gasteiger partial charge in [0.25, 0.3) is 5.91 Å². The number of anilines is 3. The van der Waals surface area contributed by atoms with Crippen LogP contribution in [0.5, 0.6) is 11.5 Å². The molecule has 3 rings (SSSR count). The number of nitrogens with one attached hydrogen (secondary N) is 3. The maximum Gasteiger partial charge on any atom is 0.355 e. The topological polar surface area (TPSA) is 141 Å². The lowest BCUT2D eigenvalue weighted by atomic mass is 10.3. The van der Waals surface area contributed by atoms with E-state index in [1.54, 1.807) is 30.3 Å². The van der Waals surface area contributed by atoms with Gasteiger partial charge < -0.3 is 14.8 Å². The molecule has 13 heteroatoms. The number of hydrazine groups is 1. The molecule has 11 nitrogen and oxygen atoms in total. The molecular weight excluding hydrogens is 463 g/mol. The van der Waals surface area contributed by atoms with Crippen LogP contribution in [-0.4, -0.2) is 34.5 Å². The molecule has 32 heavy (non-hydrogen) atoms. The van der Waals surface area contributed by atoms with Gasteiger partial charge in [-0.25, -0.2) is 9.97 Å². The monoisotopic (exact) mass is 478 g/mol. The van der Waals surface area contributed by atoms with Crippen molar-refractivity contribution < 1.29 is 19.2 Å². The molecule has 0 aliphatic carbocycles. The van der Waals surface area contributed by atoms with E-state index in [2.05, 4.69) is 26.1 Å². The van der Waals surface area contributed by atoms with Gasteiger partial charge in [0.05, 0.1) is 17.1 Å². The predicted octanol–water partition coefficient (Wildman–Crippen LogP) is 3.97. The number of carbonyl (C=O) groups excluding carboxylic acids is 1. The number of aromatic nitrogens is 2. The van der Waals surface area contributed by atoms with Gasteiger partial charge >= 0.3 is 5.69 Å². The molecule has 0 atom stereocenters. The summed E-state index contributed by atoms with van der Waals surface area (Å²) in [5.41, 5.74) is 4.73. The number of nitro groups is 1. The summed E-state index contributed by atoms with van der Waals surface area (Å²) < 4.78 is 10.4. The van der Waals surface area contributed by atoms with E-state index in [4.69, 9.17) is 32.7 Å². The first-order chi connectivity index (χ1) is 15.4. The maximum atomic E-state index is 12.1. The Hall–Kier alpha value is -3.83. The van der Waals surface area contributed by atoms with Crippen LogP contribution in [0.15, 0.2) is 48.8 Å². The van der Waals surface area contributed by atoms with Crippen molar-refractivity contribution in [2.75, 3.05) is 24.5 Å². The van der Waals surface area contributed by atoms with Crippen molar-refractivity contribution in [2.45, 2.75) is 0 Å². The second-order valence-corrected chi connectivity index (χ2v) is 6.91. The summed E-state index contributed by atoms with van der Waals surface area (Å²) in [5, 5.41) is 15.1. The molecule has 0 unspecified atom stereocenters. The zero-order valence-electron chi connectivity index (χ0n) is 16.5. The summed E-state index contributed by atoms with van der Waals surface area (Å²) in [6.07, 6.45) is 1.11. The SMILES string of the molecule is COc1cccc(Nc2ncnc(NNC(=O)COc3ccc(Cl)cc3Cl)c2[N+](=O)[O-])c1. The molecule has 0 fully saturated rings. The van der Waals surface area contributed by atoms with Crippen LogP contribution in [-0.2, 0) is 4.79 Å². The first-order valence-electron chi connectivity index (χ1n) is 8.90. The largest absolute Gasteiger partial charge is 0.497 e. The van der Waals surface area contributed by atoms with Gasteiger partial charge in [0.15, 0.2) is 6.61 Å². The standard InChI is InChI=1S/C19H16Cl2N6O5/c1-31-13-4-2-3-12(8-13)24-18-17(27(29)30)19(23-10-22-18)26-25-16(28)9-32-15-6-5-11(20)7-14(15)21/h2-8,10H,9H2,1H3,(H,25,28)(H2,22,23,24,26). The molecule has 1 amide bonds. The fourth-order valence-electron chi connectivity index (χ4n) is 2.47. The molecule has 0 bridgehead atoms. The number of hydrogen-bond acceptors (Lipinski definition) is 9. The summed E-state index contributed by atoms with van der Waals surface area (Å²) in [4.78, 5) is 30.8. The normalized spacial score (nSPS) is 10.2. The summed E-state index contributed by atoms with van der Waals surface area (Å²) in [7, 11) is 1.50. The zero-order valence-corrected chi connectivity index (χ0v) is 18.0. The highest BCUT2D eigenvalue weighted by Crippen LogP contribution is 2.31. The number of methoxy groups -OCH3 is 1. The van der Waals surface area contributed by atoms with Gasteiger partial charge in [-0.05, 0) is 30.3 Å². The van der Waals surface area contributed by atoms with Gasteiger partial charge in [-0.3, -0.25) is 25.8 Å². The molecule has 1 heterocycles. The van der Waals surface area contributed by atoms with Crippen molar-refractivity contribution >= 4 is 52.1 Å². The van der Waals surface area contributed by atoms with Gasteiger partial charge in [0.2, 0.25) is 11.6 Å².